The Morgan fingerprint density at radius 1 is 1.28 bits per heavy atom. The van der Waals surface area contributed by atoms with E-state index in [4.69, 9.17) is 5.73 Å². The fourth-order valence-corrected chi connectivity index (χ4v) is 1.51. The number of hydrogen-bond acceptors (Lipinski definition) is 2. The Morgan fingerprint density at radius 3 is 2.67 bits per heavy atom. The lowest BCUT2D eigenvalue weighted by atomic mass is 10.1. The summed E-state index contributed by atoms with van der Waals surface area (Å²) in [5.41, 5.74) is 5.91. The molecular weight excluding hydrogens is 230 g/mol. The first-order chi connectivity index (χ1) is 8.66. The van der Waals surface area contributed by atoms with Gasteiger partial charge < -0.3 is 16.4 Å². The van der Waals surface area contributed by atoms with Gasteiger partial charge in [0.1, 0.15) is 0 Å². The summed E-state index contributed by atoms with van der Waals surface area (Å²) in [6.45, 7) is 0. The molecule has 0 spiro atoms. The zero-order valence-corrected chi connectivity index (χ0v) is 9.85. The van der Waals surface area contributed by atoms with Crippen molar-refractivity contribution in [3.8, 4) is 0 Å². The van der Waals surface area contributed by atoms with Crippen LogP contribution in [0.5, 0.6) is 0 Å². The summed E-state index contributed by atoms with van der Waals surface area (Å²) in [6.07, 6.45) is 5.95. The first kappa shape index (κ1) is 12.2. The van der Waals surface area contributed by atoms with Crippen molar-refractivity contribution in [2.45, 2.75) is 12.8 Å². The van der Waals surface area contributed by atoms with Crippen molar-refractivity contribution < 1.29 is 9.59 Å². The van der Waals surface area contributed by atoms with Gasteiger partial charge in [-0.25, -0.2) is 4.79 Å². The van der Waals surface area contributed by atoms with Gasteiger partial charge in [0.15, 0.2) is 0 Å². The van der Waals surface area contributed by atoms with Crippen LogP contribution in [0.2, 0.25) is 0 Å². The van der Waals surface area contributed by atoms with Crippen LogP contribution in [-0.4, -0.2) is 11.9 Å². The maximum absolute atomic E-state index is 11.6. The number of nitrogens with two attached hydrogens (primary N) is 1. The number of nitrogens with one attached hydrogen (secondary N) is 2. The van der Waals surface area contributed by atoms with Gasteiger partial charge in [-0.2, -0.15) is 0 Å². The second-order valence-electron chi connectivity index (χ2n) is 4.20. The largest absolute Gasteiger partial charge is 0.366 e. The number of urea groups is 1. The molecule has 5 nitrogen and oxygen atoms in total. The third-order valence-electron chi connectivity index (χ3n) is 2.65. The lowest BCUT2D eigenvalue weighted by Crippen LogP contribution is -2.25. The van der Waals surface area contributed by atoms with Crippen molar-refractivity contribution in [2.75, 3.05) is 5.32 Å². The highest BCUT2D eigenvalue weighted by atomic mass is 16.2. The molecule has 0 aromatic heterocycles. The van der Waals surface area contributed by atoms with E-state index in [-0.39, 0.29) is 6.03 Å². The van der Waals surface area contributed by atoms with Crippen molar-refractivity contribution in [3.63, 3.8) is 0 Å². The SMILES string of the molecule is NC(=O)c1ccccc1NC(=O)N/C=C/C1CC1. The van der Waals surface area contributed by atoms with E-state index in [0.717, 1.165) is 0 Å². The molecule has 94 valence electrons. The lowest BCUT2D eigenvalue weighted by molar-refractivity contribution is 0.100. The molecule has 4 N–H and O–H groups in total. The summed E-state index contributed by atoms with van der Waals surface area (Å²) in [6, 6.07) is 6.22. The Morgan fingerprint density at radius 2 is 2.00 bits per heavy atom. The third-order valence-corrected chi connectivity index (χ3v) is 2.65. The second-order valence-corrected chi connectivity index (χ2v) is 4.20. The van der Waals surface area contributed by atoms with Crippen LogP contribution in [0.1, 0.15) is 23.2 Å². The molecule has 0 bridgehead atoms. The molecule has 3 amide bonds. The molecule has 0 unspecified atom stereocenters. The van der Waals surface area contributed by atoms with Crippen molar-refractivity contribution >= 4 is 17.6 Å². The molecule has 0 saturated heterocycles. The van der Waals surface area contributed by atoms with Gasteiger partial charge in [-0.15, -0.1) is 0 Å². The van der Waals surface area contributed by atoms with Crippen LogP contribution in [0.15, 0.2) is 36.5 Å². The third kappa shape index (κ3) is 3.35. The van der Waals surface area contributed by atoms with Gasteiger partial charge in [0.2, 0.25) is 0 Å². The summed E-state index contributed by atoms with van der Waals surface area (Å²) >= 11 is 0. The molecule has 1 aromatic carbocycles. The van der Waals surface area contributed by atoms with Crippen LogP contribution in [0.25, 0.3) is 0 Å². The van der Waals surface area contributed by atoms with E-state index >= 15 is 0 Å². The maximum Gasteiger partial charge on any atom is 0.323 e. The fourth-order valence-electron chi connectivity index (χ4n) is 1.51. The van der Waals surface area contributed by atoms with E-state index in [9.17, 15) is 9.59 Å². The number of carbonyl (C=O) groups is 2. The minimum absolute atomic E-state index is 0.291. The van der Waals surface area contributed by atoms with E-state index in [2.05, 4.69) is 10.6 Å². The van der Waals surface area contributed by atoms with Crippen LogP contribution in [-0.2, 0) is 0 Å². The molecule has 0 aliphatic heterocycles. The molecule has 1 saturated carbocycles. The summed E-state index contributed by atoms with van der Waals surface area (Å²) in [7, 11) is 0. The normalized spacial score (nSPS) is 14.4. The standard InChI is InChI=1S/C13H15N3O2/c14-12(17)10-3-1-2-4-11(10)16-13(18)15-8-7-9-5-6-9/h1-4,7-9H,5-6H2,(H2,14,17)(H2,15,16,18)/b8-7+. The number of carbonyl (C=O) groups excluding carboxylic acids is 2. The summed E-state index contributed by atoms with van der Waals surface area (Å²) in [4.78, 5) is 22.7. The zero-order valence-electron chi connectivity index (χ0n) is 9.85. The number of hydrogen-bond donors (Lipinski definition) is 3. The number of primary amides is 1. The van der Waals surface area contributed by atoms with Gasteiger partial charge in [0.05, 0.1) is 11.3 Å². The van der Waals surface area contributed by atoms with Crippen LogP contribution >= 0.6 is 0 Å². The Balaban J connectivity index is 1.95. The average Bonchev–Trinajstić information content (AvgIpc) is 3.13. The molecule has 0 atom stereocenters. The monoisotopic (exact) mass is 245 g/mol. The van der Waals surface area contributed by atoms with Gasteiger partial charge in [0.25, 0.3) is 5.91 Å². The minimum atomic E-state index is -0.570. The Bertz CT molecular complexity index is 493. The summed E-state index contributed by atoms with van der Waals surface area (Å²) in [5, 5.41) is 5.17. The van der Waals surface area contributed by atoms with E-state index in [1.54, 1.807) is 30.5 Å². The van der Waals surface area contributed by atoms with Crippen LogP contribution in [0, 0.1) is 5.92 Å². The fraction of sp³-hybridized carbons (Fsp3) is 0.231. The van der Waals surface area contributed by atoms with Crippen molar-refractivity contribution in [1.82, 2.24) is 5.32 Å². The van der Waals surface area contributed by atoms with Gasteiger partial charge >= 0.3 is 6.03 Å². The molecular formula is C13H15N3O2. The number of allylic oxidation sites excluding steroid dienone is 1. The highest BCUT2D eigenvalue weighted by Gasteiger charge is 2.17. The highest BCUT2D eigenvalue weighted by Crippen LogP contribution is 2.29. The number of rotatable bonds is 4. The number of anilines is 1. The molecule has 18 heavy (non-hydrogen) atoms. The smallest absolute Gasteiger partial charge is 0.323 e. The molecule has 0 radical (unpaired) electrons. The quantitative estimate of drug-likeness (QED) is 0.756. The molecule has 1 aromatic rings. The van der Waals surface area contributed by atoms with E-state index < -0.39 is 5.91 Å². The average molecular weight is 245 g/mol. The van der Waals surface area contributed by atoms with E-state index in [0.29, 0.717) is 17.2 Å². The Hall–Kier alpha value is -2.30. The number of amides is 3. The second kappa shape index (κ2) is 5.35. The van der Waals surface area contributed by atoms with Crippen LogP contribution < -0.4 is 16.4 Å². The van der Waals surface area contributed by atoms with Gasteiger partial charge in [-0.3, -0.25) is 4.79 Å². The summed E-state index contributed by atoms with van der Waals surface area (Å²) < 4.78 is 0. The lowest BCUT2D eigenvalue weighted by Gasteiger charge is -2.07. The van der Waals surface area contributed by atoms with E-state index in [1.165, 1.54) is 12.8 Å². The molecule has 1 aliphatic carbocycles. The predicted octanol–water partition coefficient (Wildman–Crippen LogP) is 1.83. The molecule has 1 fully saturated rings. The van der Waals surface area contributed by atoms with Crippen LogP contribution in [0.3, 0.4) is 0 Å². The van der Waals surface area contributed by atoms with Gasteiger partial charge in [-0.05, 0) is 30.9 Å². The van der Waals surface area contributed by atoms with E-state index in [1.807, 2.05) is 6.08 Å². The zero-order chi connectivity index (χ0) is 13.0. The molecule has 0 heterocycles. The molecule has 1 aliphatic rings. The summed E-state index contributed by atoms with van der Waals surface area (Å²) in [5.74, 6) is 0.0302. The van der Waals surface area contributed by atoms with Gasteiger partial charge in [0, 0.05) is 6.20 Å². The first-order valence-corrected chi connectivity index (χ1v) is 5.80. The minimum Gasteiger partial charge on any atom is -0.366 e. The Kier molecular flexibility index (Phi) is 3.62. The van der Waals surface area contributed by atoms with Crippen LogP contribution in [0.4, 0.5) is 10.5 Å². The Labute approximate surface area is 105 Å². The van der Waals surface area contributed by atoms with Crippen molar-refractivity contribution in [3.05, 3.63) is 42.1 Å². The number of para-hydroxylation sites is 1. The number of benzene rings is 1. The maximum atomic E-state index is 11.6. The van der Waals surface area contributed by atoms with Gasteiger partial charge in [-0.1, -0.05) is 18.2 Å². The highest BCUT2D eigenvalue weighted by molar-refractivity contribution is 6.02. The van der Waals surface area contributed by atoms with Crippen molar-refractivity contribution in [1.29, 1.82) is 0 Å². The van der Waals surface area contributed by atoms with Crippen molar-refractivity contribution in [2.24, 2.45) is 11.7 Å². The molecule has 5 heteroatoms. The predicted molar refractivity (Wildman–Crippen MR) is 69.0 cm³/mol. The first-order valence-electron chi connectivity index (χ1n) is 5.80. The topological polar surface area (TPSA) is 84.2 Å². The molecule has 2 rings (SSSR count).